The van der Waals surface area contributed by atoms with Crippen molar-refractivity contribution in [2.24, 2.45) is 11.7 Å². The maximum Gasteiger partial charge on any atom is 0.310 e. The van der Waals surface area contributed by atoms with Gasteiger partial charge in [-0.05, 0) is 31.5 Å². The predicted octanol–water partition coefficient (Wildman–Crippen LogP) is 1.79. The zero-order chi connectivity index (χ0) is 14.4. The fourth-order valence-corrected chi connectivity index (χ4v) is 2.47. The van der Waals surface area contributed by atoms with Gasteiger partial charge in [0, 0.05) is 12.6 Å². The van der Waals surface area contributed by atoms with E-state index in [2.05, 4.69) is 4.90 Å². The molecule has 2 rings (SSSR count). The molecule has 110 valence electrons. The lowest BCUT2D eigenvalue weighted by Gasteiger charge is -2.31. The van der Waals surface area contributed by atoms with Gasteiger partial charge < -0.3 is 15.4 Å². The number of likely N-dealkylation sites (tertiary alicyclic amines) is 1. The number of benzene rings is 1. The minimum absolute atomic E-state index is 0.0898. The van der Waals surface area contributed by atoms with E-state index < -0.39 is 0 Å². The van der Waals surface area contributed by atoms with Crippen molar-refractivity contribution in [3.8, 4) is 0 Å². The molecule has 4 heteroatoms. The predicted molar refractivity (Wildman–Crippen MR) is 79.1 cm³/mol. The lowest BCUT2D eigenvalue weighted by molar-refractivity contribution is -0.150. The zero-order valence-corrected chi connectivity index (χ0v) is 12.1. The van der Waals surface area contributed by atoms with Crippen molar-refractivity contribution in [3.05, 3.63) is 35.9 Å². The Morgan fingerprint density at radius 3 is 2.65 bits per heavy atom. The molecule has 0 aliphatic carbocycles. The maximum absolute atomic E-state index is 12.0. The molecule has 0 bridgehead atoms. The summed E-state index contributed by atoms with van der Waals surface area (Å²) in [5.74, 6) is -0.211. The highest BCUT2D eigenvalue weighted by molar-refractivity contribution is 5.72. The summed E-state index contributed by atoms with van der Waals surface area (Å²) in [6.07, 6.45) is 2.04. The van der Waals surface area contributed by atoms with E-state index in [1.165, 1.54) is 0 Å². The average Bonchev–Trinajstić information content (AvgIpc) is 2.48. The number of nitrogens with two attached hydrogens (primary N) is 1. The third-order valence-corrected chi connectivity index (χ3v) is 3.79. The normalized spacial score (nSPS) is 18.7. The van der Waals surface area contributed by atoms with Crippen LogP contribution in [0, 0.1) is 5.92 Å². The third-order valence-electron chi connectivity index (χ3n) is 3.79. The van der Waals surface area contributed by atoms with Gasteiger partial charge in [0.1, 0.15) is 6.61 Å². The van der Waals surface area contributed by atoms with Gasteiger partial charge in [0.05, 0.1) is 5.92 Å². The van der Waals surface area contributed by atoms with Gasteiger partial charge in [-0.25, -0.2) is 0 Å². The molecule has 1 atom stereocenters. The molecule has 1 saturated heterocycles. The van der Waals surface area contributed by atoms with E-state index in [0.29, 0.717) is 12.6 Å². The molecule has 0 spiro atoms. The monoisotopic (exact) mass is 276 g/mol. The second kappa shape index (κ2) is 7.41. The zero-order valence-electron chi connectivity index (χ0n) is 12.1. The molecular formula is C16H24N2O2. The summed E-state index contributed by atoms with van der Waals surface area (Å²) in [6.45, 7) is 5.02. The fraction of sp³-hybridized carbons (Fsp3) is 0.562. The molecule has 1 aliphatic heterocycles. The van der Waals surface area contributed by atoms with Crippen LogP contribution in [0.1, 0.15) is 25.3 Å². The van der Waals surface area contributed by atoms with Crippen molar-refractivity contribution in [1.29, 1.82) is 0 Å². The first kappa shape index (κ1) is 15.0. The van der Waals surface area contributed by atoms with Gasteiger partial charge in [-0.3, -0.25) is 4.79 Å². The van der Waals surface area contributed by atoms with Crippen molar-refractivity contribution in [2.45, 2.75) is 32.4 Å². The molecule has 4 nitrogen and oxygen atoms in total. The van der Waals surface area contributed by atoms with Crippen LogP contribution in [0.2, 0.25) is 0 Å². The molecule has 0 amide bonds. The molecule has 1 heterocycles. The lowest BCUT2D eigenvalue weighted by atomic mass is 10.0. The Morgan fingerprint density at radius 1 is 1.35 bits per heavy atom. The highest BCUT2D eigenvalue weighted by Crippen LogP contribution is 2.12. The second-order valence-corrected chi connectivity index (χ2v) is 5.63. The number of rotatable bonds is 5. The molecule has 1 unspecified atom stereocenters. The van der Waals surface area contributed by atoms with E-state index in [1.807, 2.05) is 37.3 Å². The molecule has 1 aromatic carbocycles. The number of carbonyl (C=O) groups excluding carboxylic acids is 1. The van der Waals surface area contributed by atoms with Gasteiger partial charge in [0.15, 0.2) is 0 Å². The summed E-state index contributed by atoms with van der Waals surface area (Å²) in [6, 6.07) is 10.1. The van der Waals surface area contributed by atoms with E-state index >= 15 is 0 Å². The number of hydrogen-bond acceptors (Lipinski definition) is 4. The van der Waals surface area contributed by atoms with Gasteiger partial charge in [0.25, 0.3) is 0 Å². The van der Waals surface area contributed by atoms with E-state index in [4.69, 9.17) is 10.5 Å². The summed E-state index contributed by atoms with van der Waals surface area (Å²) in [5, 5.41) is 0. The van der Waals surface area contributed by atoms with Crippen molar-refractivity contribution < 1.29 is 9.53 Å². The highest BCUT2D eigenvalue weighted by atomic mass is 16.5. The SMILES string of the molecule is CC(CN1CCC(N)CC1)C(=O)OCc1ccccc1. The first-order chi connectivity index (χ1) is 9.65. The standard InChI is InChI=1S/C16H24N2O2/c1-13(11-18-9-7-15(17)8-10-18)16(19)20-12-14-5-3-2-4-6-14/h2-6,13,15H,7-12,17H2,1H3. The first-order valence-electron chi connectivity index (χ1n) is 7.33. The van der Waals surface area contributed by atoms with Crippen molar-refractivity contribution >= 4 is 5.97 Å². The van der Waals surface area contributed by atoms with Crippen molar-refractivity contribution in [3.63, 3.8) is 0 Å². The highest BCUT2D eigenvalue weighted by Gasteiger charge is 2.22. The summed E-state index contributed by atoms with van der Waals surface area (Å²) in [5.41, 5.74) is 6.91. The minimum Gasteiger partial charge on any atom is -0.461 e. The van der Waals surface area contributed by atoms with Crippen LogP contribution in [-0.4, -0.2) is 36.5 Å². The molecule has 2 N–H and O–H groups in total. The molecule has 1 aromatic rings. The van der Waals surface area contributed by atoms with Gasteiger partial charge >= 0.3 is 5.97 Å². The van der Waals surface area contributed by atoms with Gasteiger partial charge in [-0.2, -0.15) is 0 Å². The molecule has 0 radical (unpaired) electrons. The summed E-state index contributed by atoms with van der Waals surface area (Å²) < 4.78 is 5.36. The Bertz CT molecular complexity index is 414. The van der Waals surface area contributed by atoms with E-state index in [9.17, 15) is 4.79 Å². The number of hydrogen-bond donors (Lipinski definition) is 1. The van der Waals surface area contributed by atoms with Crippen LogP contribution >= 0.6 is 0 Å². The minimum atomic E-state index is -0.122. The van der Waals surface area contributed by atoms with Crippen LogP contribution in [-0.2, 0) is 16.1 Å². The summed E-state index contributed by atoms with van der Waals surface area (Å²) >= 11 is 0. The number of esters is 1. The Kier molecular flexibility index (Phi) is 5.56. The second-order valence-electron chi connectivity index (χ2n) is 5.63. The van der Waals surface area contributed by atoms with Gasteiger partial charge in [-0.15, -0.1) is 0 Å². The summed E-state index contributed by atoms with van der Waals surface area (Å²) in [7, 11) is 0. The van der Waals surface area contributed by atoms with E-state index in [1.54, 1.807) is 0 Å². The third kappa shape index (κ3) is 4.62. The maximum atomic E-state index is 12.0. The first-order valence-corrected chi connectivity index (χ1v) is 7.33. The van der Waals surface area contributed by atoms with Crippen LogP contribution in [0.25, 0.3) is 0 Å². The number of ether oxygens (including phenoxy) is 1. The van der Waals surface area contributed by atoms with E-state index in [0.717, 1.165) is 38.0 Å². The largest absolute Gasteiger partial charge is 0.461 e. The van der Waals surface area contributed by atoms with Crippen molar-refractivity contribution in [2.75, 3.05) is 19.6 Å². The molecule has 0 saturated carbocycles. The Labute approximate surface area is 120 Å². The quantitative estimate of drug-likeness (QED) is 0.833. The fourth-order valence-electron chi connectivity index (χ4n) is 2.47. The topological polar surface area (TPSA) is 55.6 Å². The molecule has 1 aliphatic rings. The van der Waals surface area contributed by atoms with Gasteiger partial charge in [0.2, 0.25) is 0 Å². The molecule has 1 fully saturated rings. The van der Waals surface area contributed by atoms with Crippen LogP contribution in [0.15, 0.2) is 30.3 Å². The number of nitrogens with zero attached hydrogens (tertiary/aromatic N) is 1. The summed E-state index contributed by atoms with van der Waals surface area (Å²) in [4.78, 5) is 14.3. The number of carbonyl (C=O) groups is 1. The molecule has 20 heavy (non-hydrogen) atoms. The smallest absolute Gasteiger partial charge is 0.310 e. The van der Waals surface area contributed by atoms with Crippen LogP contribution < -0.4 is 5.73 Å². The Hall–Kier alpha value is -1.39. The van der Waals surface area contributed by atoms with Crippen molar-refractivity contribution in [1.82, 2.24) is 4.90 Å². The molecular weight excluding hydrogens is 252 g/mol. The van der Waals surface area contributed by atoms with Gasteiger partial charge in [-0.1, -0.05) is 37.3 Å². The Balaban J connectivity index is 1.72. The van der Waals surface area contributed by atoms with Crippen LogP contribution in [0.4, 0.5) is 0 Å². The van der Waals surface area contributed by atoms with Crippen LogP contribution in [0.5, 0.6) is 0 Å². The van der Waals surface area contributed by atoms with Crippen LogP contribution in [0.3, 0.4) is 0 Å². The average molecular weight is 276 g/mol. The Morgan fingerprint density at radius 2 is 2.00 bits per heavy atom. The lowest BCUT2D eigenvalue weighted by Crippen LogP contribution is -2.42. The molecule has 0 aromatic heterocycles. The number of piperidine rings is 1. The van der Waals surface area contributed by atoms with E-state index in [-0.39, 0.29) is 11.9 Å².